The number of amides is 2. The van der Waals surface area contributed by atoms with Gasteiger partial charge >= 0.3 is 0 Å². The molecule has 6 nitrogen and oxygen atoms in total. The number of piperazine rings is 1. The van der Waals surface area contributed by atoms with Gasteiger partial charge in [0.1, 0.15) is 0 Å². The Morgan fingerprint density at radius 1 is 1.20 bits per heavy atom. The van der Waals surface area contributed by atoms with Crippen LogP contribution in [-0.4, -0.2) is 67.6 Å². The second-order valence-electron chi connectivity index (χ2n) is 6.77. The van der Waals surface area contributed by atoms with Crippen molar-refractivity contribution in [1.82, 2.24) is 15.1 Å². The molecule has 0 aliphatic carbocycles. The van der Waals surface area contributed by atoms with E-state index in [4.69, 9.17) is 4.74 Å². The van der Waals surface area contributed by atoms with Gasteiger partial charge in [-0.25, -0.2) is 0 Å². The van der Waals surface area contributed by atoms with Crippen molar-refractivity contribution in [3.63, 3.8) is 0 Å². The first-order chi connectivity index (χ1) is 12.1. The molecule has 1 aromatic carbocycles. The lowest BCUT2D eigenvalue weighted by Crippen LogP contribution is -2.54. The molecule has 2 fully saturated rings. The summed E-state index contributed by atoms with van der Waals surface area (Å²) >= 11 is 0. The third-order valence-electron chi connectivity index (χ3n) is 5.28. The highest BCUT2D eigenvalue weighted by molar-refractivity contribution is 5.94. The van der Waals surface area contributed by atoms with Gasteiger partial charge in [-0.3, -0.25) is 14.5 Å². The fraction of sp³-hybridized carbons (Fsp3) is 0.579. The molecule has 3 rings (SSSR count). The molecule has 0 aromatic heterocycles. The first kappa shape index (κ1) is 17.9. The molecule has 25 heavy (non-hydrogen) atoms. The lowest BCUT2D eigenvalue weighted by molar-refractivity contribution is -0.135. The van der Waals surface area contributed by atoms with Crippen molar-refractivity contribution in [3.05, 3.63) is 35.4 Å². The minimum Gasteiger partial charge on any atom is -0.381 e. The zero-order chi connectivity index (χ0) is 17.8. The normalized spacial score (nSPS) is 22.6. The Morgan fingerprint density at radius 3 is 2.64 bits per heavy atom. The summed E-state index contributed by atoms with van der Waals surface area (Å²) in [5.41, 5.74) is 1.65. The zero-order valence-electron chi connectivity index (χ0n) is 15.0. The first-order valence-electron chi connectivity index (χ1n) is 9.01. The van der Waals surface area contributed by atoms with Crippen LogP contribution in [0.3, 0.4) is 0 Å². The maximum atomic E-state index is 12.1. The summed E-state index contributed by atoms with van der Waals surface area (Å²) in [6, 6.07) is 8.13. The average Bonchev–Trinajstić information content (AvgIpc) is 2.67. The molecule has 0 unspecified atom stereocenters. The van der Waals surface area contributed by atoms with Crippen molar-refractivity contribution >= 4 is 11.8 Å². The van der Waals surface area contributed by atoms with E-state index in [-0.39, 0.29) is 17.9 Å². The third-order valence-corrected chi connectivity index (χ3v) is 5.28. The molecule has 136 valence electrons. The van der Waals surface area contributed by atoms with Gasteiger partial charge in [-0.15, -0.1) is 0 Å². The molecule has 1 atom stereocenters. The van der Waals surface area contributed by atoms with Crippen molar-refractivity contribution in [3.8, 4) is 0 Å². The standard InChI is InChI=1S/C19H27N3O3/c1-14(23)22-9-8-21(17-6-10-25-11-7-17)13-18(22)15-4-3-5-16(12-15)19(24)20-2/h3-5,12,17-18H,6-11,13H2,1-2H3,(H,20,24)/t18-/m0/s1. The number of rotatable bonds is 3. The smallest absolute Gasteiger partial charge is 0.251 e. The van der Waals surface area contributed by atoms with E-state index >= 15 is 0 Å². The van der Waals surface area contributed by atoms with E-state index in [2.05, 4.69) is 10.2 Å². The van der Waals surface area contributed by atoms with Gasteiger partial charge in [0.25, 0.3) is 5.91 Å². The molecule has 2 aliphatic heterocycles. The number of hydrogen-bond donors (Lipinski definition) is 1. The Balaban J connectivity index is 1.83. The molecule has 0 spiro atoms. The summed E-state index contributed by atoms with van der Waals surface area (Å²) in [4.78, 5) is 28.5. The van der Waals surface area contributed by atoms with Gasteiger partial charge in [0.2, 0.25) is 5.91 Å². The van der Waals surface area contributed by atoms with E-state index in [1.807, 2.05) is 23.1 Å². The average molecular weight is 345 g/mol. The Bertz CT molecular complexity index is 628. The van der Waals surface area contributed by atoms with Crippen LogP contribution in [0.25, 0.3) is 0 Å². The summed E-state index contributed by atoms with van der Waals surface area (Å²) < 4.78 is 5.48. The number of carbonyl (C=O) groups is 2. The number of nitrogens with zero attached hydrogens (tertiary/aromatic N) is 2. The van der Waals surface area contributed by atoms with Crippen LogP contribution in [0.2, 0.25) is 0 Å². The van der Waals surface area contributed by atoms with Crippen LogP contribution in [0.4, 0.5) is 0 Å². The Hall–Kier alpha value is -1.92. The lowest BCUT2D eigenvalue weighted by atomic mass is 9.97. The molecular formula is C19H27N3O3. The van der Waals surface area contributed by atoms with E-state index in [1.165, 1.54) is 0 Å². The van der Waals surface area contributed by atoms with Crippen molar-refractivity contribution in [1.29, 1.82) is 0 Å². The van der Waals surface area contributed by atoms with Gasteiger partial charge in [0.05, 0.1) is 6.04 Å². The van der Waals surface area contributed by atoms with Gasteiger partial charge < -0.3 is 15.0 Å². The van der Waals surface area contributed by atoms with E-state index in [1.54, 1.807) is 20.0 Å². The number of benzene rings is 1. The van der Waals surface area contributed by atoms with Crippen LogP contribution >= 0.6 is 0 Å². The van der Waals surface area contributed by atoms with Gasteiger partial charge in [0, 0.05) is 58.4 Å². The predicted molar refractivity (Wildman–Crippen MR) is 95.4 cm³/mol. The first-order valence-corrected chi connectivity index (χ1v) is 9.01. The molecule has 0 saturated carbocycles. The Labute approximate surface area is 149 Å². The molecule has 1 aromatic rings. The Kier molecular flexibility index (Phi) is 5.71. The van der Waals surface area contributed by atoms with Crippen LogP contribution in [0.5, 0.6) is 0 Å². The summed E-state index contributed by atoms with van der Waals surface area (Å²) in [6.07, 6.45) is 2.09. The Morgan fingerprint density at radius 2 is 1.96 bits per heavy atom. The highest BCUT2D eigenvalue weighted by atomic mass is 16.5. The van der Waals surface area contributed by atoms with Gasteiger partial charge in [0.15, 0.2) is 0 Å². The summed E-state index contributed by atoms with van der Waals surface area (Å²) in [6.45, 7) is 5.68. The second kappa shape index (κ2) is 7.97. The number of hydrogen-bond acceptors (Lipinski definition) is 4. The molecule has 2 heterocycles. The predicted octanol–water partition coefficient (Wildman–Crippen LogP) is 1.43. The minimum absolute atomic E-state index is 0.0151. The molecule has 1 N–H and O–H groups in total. The van der Waals surface area contributed by atoms with E-state index in [0.29, 0.717) is 11.6 Å². The number of carbonyl (C=O) groups excluding carboxylic acids is 2. The van der Waals surface area contributed by atoms with E-state index in [0.717, 1.165) is 51.3 Å². The van der Waals surface area contributed by atoms with Crippen molar-refractivity contribution in [2.75, 3.05) is 39.9 Å². The highest BCUT2D eigenvalue weighted by Gasteiger charge is 2.33. The molecule has 0 bridgehead atoms. The largest absolute Gasteiger partial charge is 0.381 e. The monoisotopic (exact) mass is 345 g/mol. The third kappa shape index (κ3) is 4.02. The maximum absolute atomic E-state index is 12.1. The quantitative estimate of drug-likeness (QED) is 0.900. The fourth-order valence-corrected chi connectivity index (χ4v) is 3.88. The molecule has 0 radical (unpaired) electrons. The second-order valence-corrected chi connectivity index (χ2v) is 6.77. The molecule has 6 heteroatoms. The molecule has 2 amide bonds. The topological polar surface area (TPSA) is 61.9 Å². The number of ether oxygens (including phenoxy) is 1. The molecular weight excluding hydrogens is 318 g/mol. The number of nitrogens with one attached hydrogen (secondary N) is 1. The van der Waals surface area contributed by atoms with Crippen LogP contribution in [-0.2, 0) is 9.53 Å². The van der Waals surface area contributed by atoms with E-state index < -0.39 is 0 Å². The van der Waals surface area contributed by atoms with Crippen LogP contribution in [0, 0.1) is 0 Å². The fourth-order valence-electron chi connectivity index (χ4n) is 3.88. The van der Waals surface area contributed by atoms with Crippen molar-refractivity contribution in [2.45, 2.75) is 31.8 Å². The van der Waals surface area contributed by atoms with Gasteiger partial charge in [-0.05, 0) is 30.5 Å². The van der Waals surface area contributed by atoms with E-state index in [9.17, 15) is 9.59 Å². The summed E-state index contributed by atoms with van der Waals surface area (Å²) in [5.74, 6) is -0.0182. The highest BCUT2D eigenvalue weighted by Crippen LogP contribution is 2.29. The van der Waals surface area contributed by atoms with Crippen LogP contribution < -0.4 is 5.32 Å². The lowest BCUT2D eigenvalue weighted by Gasteiger charge is -2.45. The SMILES string of the molecule is CNC(=O)c1cccc([C@@H]2CN(C3CCOCC3)CCN2C(C)=O)c1. The van der Waals surface area contributed by atoms with Crippen molar-refractivity contribution in [2.24, 2.45) is 0 Å². The summed E-state index contributed by atoms with van der Waals surface area (Å²) in [7, 11) is 1.63. The zero-order valence-corrected chi connectivity index (χ0v) is 15.0. The van der Waals surface area contributed by atoms with Gasteiger partial charge in [-0.1, -0.05) is 12.1 Å². The minimum atomic E-state index is -0.103. The van der Waals surface area contributed by atoms with Crippen LogP contribution in [0.1, 0.15) is 41.7 Å². The van der Waals surface area contributed by atoms with Crippen molar-refractivity contribution < 1.29 is 14.3 Å². The molecule has 2 aliphatic rings. The maximum Gasteiger partial charge on any atom is 0.251 e. The summed E-state index contributed by atoms with van der Waals surface area (Å²) in [5, 5.41) is 2.66. The molecule has 2 saturated heterocycles. The van der Waals surface area contributed by atoms with Crippen LogP contribution in [0.15, 0.2) is 24.3 Å². The van der Waals surface area contributed by atoms with Gasteiger partial charge in [-0.2, -0.15) is 0 Å².